The Labute approximate surface area is 189 Å². The van der Waals surface area contributed by atoms with Crippen LogP contribution in [0.15, 0.2) is 91.5 Å². The molecule has 0 spiro atoms. The monoisotopic (exact) mass is 436 g/mol. The number of phenols is 1. The normalized spacial score (nSPS) is 9.71. The molecule has 5 heteroatoms. The van der Waals surface area contributed by atoms with Gasteiger partial charge in [0.05, 0.1) is 22.8 Å². The van der Waals surface area contributed by atoms with E-state index < -0.39 is 0 Å². The highest BCUT2D eigenvalue weighted by molar-refractivity contribution is 6.67. The van der Waals surface area contributed by atoms with Gasteiger partial charge >= 0.3 is 0 Å². The largest absolute Gasteiger partial charge is 0.504 e. The molecule has 0 aliphatic heterocycles. The van der Waals surface area contributed by atoms with Crippen LogP contribution in [0.1, 0.15) is 25.3 Å². The summed E-state index contributed by atoms with van der Waals surface area (Å²) in [5.74, 6) is 0.680. The summed E-state index contributed by atoms with van der Waals surface area (Å²) < 4.78 is 4.95. The number of hydrogen-bond donors (Lipinski definition) is 3. The Balaban J connectivity index is 0.000000249. The first-order valence-corrected chi connectivity index (χ1v) is 12.0. The molecule has 3 aromatic rings. The molecule has 0 fully saturated rings. The zero-order valence-electron chi connectivity index (χ0n) is 18.7. The number of nitrogens with two attached hydrogens (primary N) is 2. The number of aromatic hydroxyl groups is 1. The van der Waals surface area contributed by atoms with Gasteiger partial charge in [0.1, 0.15) is 0 Å². The van der Waals surface area contributed by atoms with Crippen molar-refractivity contribution in [3.8, 4) is 11.5 Å². The zero-order chi connectivity index (χ0) is 22.9. The smallest absolute Gasteiger partial charge is 0.160 e. The van der Waals surface area contributed by atoms with Crippen molar-refractivity contribution in [1.29, 1.82) is 0 Å². The molecule has 4 nitrogen and oxygen atoms in total. The Hall–Kier alpha value is -2.86. The SMILES string of the molecule is C=CCc1ccc(O)c(OC)c1.CCCC(N)N.c1ccc([SiH2]c2ccccc2)cc1. The van der Waals surface area contributed by atoms with Crippen molar-refractivity contribution in [3.63, 3.8) is 0 Å². The molecule has 0 heterocycles. The van der Waals surface area contributed by atoms with Gasteiger partial charge in [-0.25, -0.2) is 0 Å². The van der Waals surface area contributed by atoms with Crippen molar-refractivity contribution in [2.45, 2.75) is 32.4 Å². The fourth-order valence-electron chi connectivity index (χ4n) is 2.78. The maximum Gasteiger partial charge on any atom is 0.160 e. The molecule has 0 atom stereocenters. The summed E-state index contributed by atoms with van der Waals surface area (Å²) in [6, 6.07) is 26.8. The Morgan fingerprint density at radius 2 is 1.52 bits per heavy atom. The lowest BCUT2D eigenvalue weighted by Crippen LogP contribution is -2.29. The number of hydrogen-bond acceptors (Lipinski definition) is 4. The number of methoxy groups -OCH3 is 1. The van der Waals surface area contributed by atoms with E-state index in [-0.39, 0.29) is 21.4 Å². The molecule has 0 aliphatic rings. The second kappa shape index (κ2) is 15.9. The van der Waals surface area contributed by atoms with Crippen LogP contribution in [0.5, 0.6) is 11.5 Å². The molecule has 166 valence electrons. The van der Waals surface area contributed by atoms with E-state index in [1.54, 1.807) is 12.1 Å². The third-order valence-electron chi connectivity index (χ3n) is 4.34. The average molecular weight is 437 g/mol. The molecule has 3 rings (SSSR count). The lowest BCUT2D eigenvalue weighted by atomic mass is 10.1. The third kappa shape index (κ3) is 11.8. The number of rotatable bonds is 7. The second-order valence-corrected chi connectivity index (χ2v) is 9.09. The van der Waals surface area contributed by atoms with Crippen LogP contribution in [0.3, 0.4) is 0 Å². The van der Waals surface area contributed by atoms with Gasteiger partial charge in [0.15, 0.2) is 11.5 Å². The number of ether oxygens (including phenoxy) is 1. The lowest BCUT2D eigenvalue weighted by molar-refractivity contribution is 0.373. The Kier molecular flexibility index (Phi) is 13.4. The summed E-state index contributed by atoms with van der Waals surface area (Å²) >= 11 is 0. The lowest BCUT2D eigenvalue weighted by Gasteiger charge is -2.04. The minimum absolute atomic E-state index is 0.102. The van der Waals surface area contributed by atoms with Crippen molar-refractivity contribution >= 4 is 19.9 Å². The molecule has 31 heavy (non-hydrogen) atoms. The minimum Gasteiger partial charge on any atom is -0.504 e. The molecule has 0 amide bonds. The van der Waals surface area contributed by atoms with Crippen LogP contribution in [-0.2, 0) is 6.42 Å². The fraction of sp³-hybridized carbons (Fsp3) is 0.231. The summed E-state index contributed by atoms with van der Waals surface area (Å²) in [5.41, 5.74) is 11.4. The van der Waals surface area contributed by atoms with Crippen LogP contribution >= 0.6 is 0 Å². The first-order valence-electron chi connectivity index (χ1n) is 10.6. The van der Waals surface area contributed by atoms with Crippen LogP contribution in [0.4, 0.5) is 0 Å². The number of allylic oxidation sites excluding steroid dienone is 1. The number of benzene rings is 3. The molecular weight excluding hydrogens is 400 g/mol. The summed E-state index contributed by atoms with van der Waals surface area (Å²) in [4.78, 5) is 0. The third-order valence-corrected chi connectivity index (χ3v) is 6.10. The molecule has 0 saturated heterocycles. The summed E-state index contributed by atoms with van der Waals surface area (Å²) in [5, 5.41) is 12.3. The fourth-order valence-corrected chi connectivity index (χ4v) is 4.26. The van der Waals surface area contributed by atoms with E-state index in [0.29, 0.717) is 5.75 Å². The molecule has 0 bridgehead atoms. The van der Waals surface area contributed by atoms with E-state index in [0.717, 1.165) is 24.8 Å². The van der Waals surface area contributed by atoms with E-state index in [1.165, 1.54) is 17.5 Å². The van der Waals surface area contributed by atoms with Crippen molar-refractivity contribution < 1.29 is 9.84 Å². The van der Waals surface area contributed by atoms with Crippen LogP contribution in [-0.4, -0.2) is 27.9 Å². The Morgan fingerprint density at radius 3 is 1.90 bits per heavy atom. The molecule has 0 unspecified atom stereocenters. The van der Waals surface area contributed by atoms with E-state index in [4.69, 9.17) is 16.2 Å². The first-order chi connectivity index (χ1) is 15.0. The quantitative estimate of drug-likeness (QED) is 0.302. The van der Waals surface area contributed by atoms with E-state index in [1.807, 2.05) is 12.1 Å². The molecule has 0 aromatic heterocycles. The van der Waals surface area contributed by atoms with Gasteiger partial charge in [-0.3, -0.25) is 0 Å². The summed E-state index contributed by atoms with van der Waals surface area (Å²) in [6.07, 6.45) is 4.51. The van der Waals surface area contributed by atoms with Gasteiger partial charge < -0.3 is 21.3 Å². The van der Waals surface area contributed by atoms with Crippen molar-refractivity contribution in [2.24, 2.45) is 11.5 Å². The van der Waals surface area contributed by atoms with Crippen LogP contribution in [0.25, 0.3) is 0 Å². The Bertz CT molecular complexity index is 818. The van der Waals surface area contributed by atoms with Crippen LogP contribution in [0, 0.1) is 0 Å². The molecule has 3 aromatic carbocycles. The zero-order valence-corrected chi connectivity index (χ0v) is 20.1. The van der Waals surface area contributed by atoms with E-state index >= 15 is 0 Å². The van der Waals surface area contributed by atoms with Crippen LogP contribution < -0.4 is 26.6 Å². The van der Waals surface area contributed by atoms with Gasteiger partial charge in [-0.05, 0) is 30.5 Å². The van der Waals surface area contributed by atoms with Crippen LogP contribution in [0.2, 0.25) is 0 Å². The highest BCUT2D eigenvalue weighted by Gasteiger charge is 2.00. The van der Waals surface area contributed by atoms with E-state index in [9.17, 15) is 5.11 Å². The topological polar surface area (TPSA) is 81.5 Å². The van der Waals surface area contributed by atoms with Crippen molar-refractivity contribution in [1.82, 2.24) is 0 Å². The molecule has 0 radical (unpaired) electrons. The summed E-state index contributed by atoms with van der Waals surface area (Å²) in [6.45, 7) is 5.69. The van der Waals surface area contributed by atoms with Gasteiger partial charge in [0, 0.05) is 0 Å². The van der Waals surface area contributed by atoms with Gasteiger partial charge in [-0.2, -0.15) is 0 Å². The molecule has 0 aliphatic carbocycles. The predicted molar refractivity (Wildman–Crippen MR) is 136 cm³/mol. The standard InChI is InChI=1S/C12H12Si.C10H12O2.C4H12N2/c1-3-7-11(8-4-1)13-12-9-5-2-6-10-12;1-3-4-8-5-6-9(11)10(7-8)12-2;1-2-3-4(5)6/h1-10H,13H2;3,5-7,11H,1,4H2,2H3;4H,2-3,5-6H2,1H3. The highest BCUT2D eigenvalue weighted by atomic mass is 28.2. The van der Waals surface area contributed by atoms with Crippen molar-refractivity contribution in [3.05, 3.63) is 97.1 Å². The predicted octanol–water partition coefficient (Wildman–Crippen LogP) is 2.97. The molecule has 5 N–H and O–H groups in total. The molecule has 0 saturated carbocycles. The second-order valence-electron chi connectivity index (χ2n) is 7.10. The highest BCUT2D eigenvalue weighted by Crippen LogP contribution is 2.26. The van der Waals surface area contributed by atoms with E-state index in [2.05, 4.69) is 74.2 Å². The van der Waals surface area contributed by atoms with Gasteiger partial charge in [0.25, 0.3) is 0 Å². The minimum atomic E-state index is -0.234. The molecular formula is C26H36N2O2Si. The number of phenolic OH excluding ortho intramolecular Hbond substituents is 1. The van der Waals surface area contributed by atoms with Gasteiger partial charge in [-0.15, -0.1) is 6.58 Å². The summed E-state index contributed by atoms with van der Waals surface area (Å²) in [7, 11) is 1.30. The van der Waals surface area contributed by atoms with Crippen molar-refractivity contribution in [2.75, 3.05) is 7.11 Å². The first kappa shape index (κ1) is 26.2. The van der Waals surface area contributed by atoms with Gasteiger partial charge in [-0.1, -0.05) is 96.5 Å². The maximum absolute atomic E-state index is 9.25. The Morgan fingerprint density at radius 1 is 0.968 bits per heavy atom. The maximum atomic E-state index is 9.25. The average Bonchev–Trinajstić information content (AvgIpc) is 2.77. The van der Waals surface area contributed by atoms with Gasteiger partial charge in [0.2, 0.25) is 0 Å².